The maximum Gasteiger partial charge on any atom is 0.298 e. The van der Waals surface area contributed by atoms with Crippen molar-refractivity contribution in [2.75, 3.05) is 11.5 Å². The molecule has 0 aliphatic rings. The van der Waals surface area contributed by atoms with Crippen LogP contribution in [0.4, 0.5) is 11.4 Å². The zero-order valence-corrected chi connectivity index (χ0v) is 13.8. The molecule has 0 aromatic heterocycles. The minimum atomic E-state index is -4.97. The summed E-state index contributed by atoms with van der Waals surface area (Å²) in [7, 11) is -9.94. The number of nitrogens with two attached hydrogens (primary N) is 2. The third kappa shape index (κ3) is 3.92. The van der Waals surface area contributed by atoms with Crippen LogP contribution >= 0.6 is 0 Å². The molecule has 0 atom stereocenters. The lowest BCUT2D eigenvalue weighted by atomic mass is 10.1. The van der Waals surface area contributed by atoms with Gasteiger partial charge in [-0.2, -0.15) is 16.8 Å². The van der Waals surface area contributed by atoms with Crippen LogP contribution in [-0.2, 0) is 20.2 Å². The first kappa shape index (κ1) is 17.9. The quantitative estimate of drug-likeness (QED) is 0.358. The van der Waals surface area contributed by atoms with Crippen molar-refractivity contribution in [2.24, 2.45) is 0 Å². The van der Waals surface area contributed by atoms with Crippen LogP contribution in [0.25, 0.3) is 12.2 Å². The number of rotatable bonds is 4. The maximum absolute atomic E-state index is 11.6. The van der Waals surface area contributed by atoms with Crippen LogP contribution in [0.2, 0.25) is 0 Å². The molecule has 0 unspecified atom stereocenters. The molecule has 8 nitrogen and oxygen atoms in total. The predicted molar refractivity (Wildman–Crippen MR) is 90.3 cm³/mol. The topological polar surface area (TPSA) is 161 Å². The summed E-state index contributed by atoms with van der Waals surface area (Å²) in [5, 5.41) is 0. The second-order valence-electron chi connectivity index (χ2n) is 4.85. The van der Waals surface area contributed by atoms with E-state index >= 15 is 0 Å². The highest BCUT2D eigenvalue weighted by Gasteiger charge is 2.29. The molecule has 2 aromatic carbocycles. The third-order valence-corrected chi connectivity index (χ3v) is 5.12. The number of anilines is 2. The van der Waals surface area contributed by atoms with Gasteiger partial charge in [-0.15, -0.1) is 0 Å². The lowest BCUT2D eigenvalue weighted by molar-refractivity contribution is 0.467. The number of nitrogen functional groups attached to an aromatic ring is 2. The normalized spacial score (nSPS) is 12.6. The number of hydrogen-bond donors (Lipinski definition) is 4. The van der Waals surface area contributed by atoms with E-state index in [0.717, 1.165) is 6.07 Å². The Bertz CT molecular complexity index is 1010. The summed E-state index contributed by atoms with van der Waals surface area (Å²) in [5.41, 5.74) is 11.5. The second kappa shape index (κ2) is 6.24. The molecule has 2 aromatic rings. The Morgan fingerprint density at radius 2 is 1.29 bits per heavy atom. The summed E-state index contributed by atoms with van der Waals surface area (Å²) >= 11 is 0. The van der Waals surface area contributed by atoms with Gasteiger partial charge in [-0.1, -0.05) is 30.4 Å². The van der Waals surface area contributed by atoms with Crippen LogP contribution in [0, 0.1) is 0 Å². The molecule has 0 saturated heterocycles. The van der Waals surface area contributed by atoms with Gasteiger partial charge in [-0.25, -0.2) is 0 Å². The lowest BCUT2D eigenvalue weighted by Crippen LogP contribution is -2.13. The van der Waals surface area contributed by atoms with Gasteiger partial charge in [0.1, 0.15) is 9.79 Å². The molecule has 0 saturated carbocycles. The fourth-order valence-electron chi connectivity index (χ4n) is 2.05. The average Bonchev–Trinajstić information content (AvgIpc) is 2.45. The molecule has 0 bridgehead atoms. The molecule has 2 rings (SSSR count). The Kier molecular flexibility index (Phi) is 4.67. The first-order chi connectivity index (χ1) is 11.0. The van der Waals surface area contributed by atoms with E-state index in [1.807, 2.05) is 0 Å². The summed E-state index contributed by atoms with van der Waals surface area (Å²) in [6.07, 6.45) is 2.75. The van der Waals surface area contributed by atoms with Gasteiger partial charge < -0.3 is 11.5 Å². The Morgan fingerprint density at radius 1 is 0.750 bits per heavy atom. The van der Waals surface area contributed by atoms with Crippen molar-refractivity contribution < 1.29 is 25.9 Å². The van der Waals surface area contributed by atoms with Crippen LogP contribution in [0.1, 0.15) is 11.1 Å². The van der Waals surface area contributed by atoms with E-state index in [2.05, 4.69) is 0 Å². The van der Waals surface area contributed by atoms with Crippen molar-refractivity contribution in [1.82, 2.24) is 0 Å². The molecular formula is C14H14N2O6S2. The van der Waals surface area contributed by atoms with Crippen molar-refractivity contribution in [3.63, 3.8) is 0 Å². The van der Waals surface area contributed by atoms with E-state index in [4.69, 9.17) is 11.5 Å². The predicted octanol–water partition coefficient (Wildman–Crippen LogP) is 1.51. The van der Waals surface area contributed by atoms with Gasteiger partial charge in [0.2, 0.25) is 0 Å². The summed E-state index contributed by atoms with van der Waals surface area (Å²) in [6.45, 7) is 0. The lowest BCUT2D eigenvalue weighted by Gasteiger charge is -2.10. The average molecular weight is 370 g/mol. The van der Waals surface area contributed by atoms with E-state index in [9.17, 15) is 25.9 Å². The highest BCUT2D eigenvalue weighted by atomic mass is 32.2. The summed E-state index contributed by atoms with van der Waals surface area (Å²) < 4.78 is 64.7. The van der Waals surface area contributed by atoms with Crippen LogP contribution in [0.15, 0.2) is 46.2 Å². The molecule has 0 spiro atoms. The smallest absolute Gasteiger partial charge is 0.298 e. The highest BCUT2D eigenvalue weighted by molar-refractivity contribution is 7.89. The Balaban J connectivity index is 2.69. The van der Waals surface area contributed by atoms with Crippen molar-refractivity contribution in [2.45, 2.75) is 9.79 Å². The zero-order chi connectivity index (χ0) is 18.1. The van der Waals surface area contributed by atoms with Crippen molar-refractivity contribution in [1.29, 1.82) is 0 Å². The van der Waals surface area contributed by atoms with Crippen LogP contribution in [0.3, 0.4) is 0 Å². The van der Waals surface area contributed by atoms with Crippen molar-refractivity contribution in [3.8, 4) is 0 Å². The van der Waals surface area contributed by atoms with Crippen molar-refractivity contribution in [3.05, 3.63) is 47.5 Å². The second-order valence-corrected chi connectivity index (χ2v) is 7.57. The van der Waals surface area contributed by atoms with Gasteiger partial charge >= 0.3 is 0 Å². The summed E-state index contributed by atoms with van der Waals surface area (Å²) in [6, 6.07) is 8.87. The summed E-state index contributed by atoms with van der Waals surface area (Å²) in [5.74, 6) is 0. The van der Waals surface area contributed by atoms with E-state index in [1.54, 1.807) is 24.3 Å². The molecular weight excluding hydrogens is 356 g/mol. The first-order valence-corrected chi connectivity index (χ1v) is 9.29. The van der Waals surface area contributed by atoms with Gasteiger partial charge in [-0.3, -0.25) is 9.11 Å². The molecule has 0 radical (unpaired) electrons. The van der Waals surface area contributed by atoms with Crippen LogP contribution < -0.4 is 11.5 Å². The molecule has 0 amide bonds. The van der Waals surface area contributed by atoms with Gasteiger partial charge in [-0.05, 0) is 29.3 Å². The minimum Gasteiger partial charge on any atom is -0.399 e. The highest BCUT2D eigenvalue weighted by Crippen LogP contribution is 2.31. The first-order valence-electron chi connectivity index (χ1n) is 6.41. The van der Waals surface area contributed by atoms with E-state index in [0.29, 0.717) is 11.3 Å². The van der Waals surface area contributed by atoms with Crippen molar-refractivity contribution >= 4 is 43.8 Å². The Hall–Kier alpha value is -2.40. The molecule has 24 heavy (non-hydrogen) atoms. The maximum atomic E-state index is 11.6. The molecule has 6 N–H and O–H groups in total. The van der Waals surface area contributed by atoms with E-state index in [-0.39, 0.29) is 5.56 Å². The summed E-state index contributed by atoms with van der Waals surface area (Å²) in [4.78, 5) is -2.05. The van der Waals surface area contributed by atoms with Gasteiger partial charge in [0.25, 0.3) is 20.2 Å². The fraction of sp³-hybridized carbons (Fsp3) is 0. The van der Waals surface area contributed by atoms with Crippen LogP contribution in [0.5, 0.6) is 0 Å². The Morgan fingerprint density at radius 3 is 1.79 bits per heavy atom. The largest absolute Gasteiger partial charge is 0.399 e. The SMILES string of the molecule is Nc1ccc(C=Cc2ccc(N)c(S(=O)(=O)O)c2S(=O)(=O)O)cc1. The van der Waals surface area contributed by atoms with E-state index < -0.39 is 35.7 Å². The fourth-order valence-corrected chi connectivity index (χ4v) is 4.19. The molecule has 0 fully saturated rings. The molecule has 10 heteroatoms. The zero-order valence-electron chi connectivity index (χ0n) is 12.1. The monoisotopic (exact) mass is 370 g/mol. The van der Waals surface area contributed by atoms with Gasteiger partial charge in [0.15, 0.2) is 0 Å². The molecule has 0 aliphatic carbocycles. The number of hydrogen-bond acceptors (Lipinski definition) is 6. The van der Waals surface area contributed by atoms with Crippen LogP contribution in [-0.4, -0.2) is 25.9 Å². The molecule has 0 heterocycles. The number of benzene rings is 2. The third-order valence-electron chi connectivity index (χ3n) is 3.08. The Labute approximate surface area is 138 Å². The minimum absolute atomic E-state index is 0.156. The standard InChI is InChI=1S/C14H14N2O6S2/c15-11-6-2-9(3-7-11)1-4-10-5-8-12(16)14(24(20,21)22)13(10)23(17,18)19/h1-8H,15-16H2,(H,17,18,19)(H,20,21,22). The van der Waals surface area contributed by atoms with E-state index in [1.165, 1.54) is 18.2 Å². The molecule has 0 aliphatic heterocycles. The van der Waals surface area contributed by atoms with Gasteiger partial charge in [0.05, 0.1) is 5.69 Å². The van der Waals surface area contributed by atoms with Gasteiger partial charge in [0, 0.05) is 5.69 Å². The molecule has 128 valence electrons.